The Morgan fingerprint density at radius 2 is 1.61 bits per heavy atom. The van der Waals surface area contributed by atoms with E-state index in [9.17, 15) is 24.0 Å². The van der Waals surface area contributed by atoms with Crippen molar-refractivity contribution in [3.05, 3.63) is 100 Å². The van der Waals surface area contributed by atoms with Crippen molar-refractivity contribution in [3.63, 3.8) is 0 Å². The number of para-hydroxylation sites is 1. The van der Waals surface area contributed by atoms with Gasteiger partial charge >= 0.3 is 11.9 Å². The molecule has 4 rings (SSSR count). The molecule has 2 amide bonds. The molecule has 0 bridgehead atoms. The third kappa shape index (κ3) is 5.47. The predicted octanol–water partition coefficient (Wildman–Crippen LogP) is 4.72. The van der Waals surface area contributed by atoms with Crippen LogP contribution in [0.1, 0.15) is 44.4 Å². The second kappa shape index (κ2) is 11.5. The molecule has 0 radical (unpaired) electrons. The van der Waals surface area contributed by atoms with Crippen molar-refractivity contribution in [3.8, 4) is 5.75 Å². The van der Waals surface area contributed by atoms with Crippen molar-refractivity contribution < 1.29 is 33.4 Å². The monoisotopic (exact) mass is 532 g/mol. The van der Waals surface area contributed by atoms with Crippen LogP contribution in [0.4, 0.5) is 11.4 Å². The lowest BCUT2D eigenvalue weighted by Crippen LogP contribution is -2.33. The normalized spacial score (nSPS) is 12.9. The second-order valence-corrected chi connectivity index (χ2v) is 8.44. The van der Waals surface area contributed by atoms with Gasteiger partial charge in [0.05, 0.1) is 23.4 Å². The van der Waals surface area contributed by atoms with E-state index in [1.54, 1.807) is 12.1 Å². The summed E-state index contributed by atoms with van der Waals surface area (Å²) in [5, 5.41) is 2.46. The highest BCUT2D eigenvalue weighted by atomic mass is 35.5. The van der Waals surface area contributed by atoms with Crippen molar-refractivity contribution in [2.45, 2.75) is 13.3 Å². The van der Waals surface area contributed by atoms with Gasteiger partial charge in [-0.2, -0.15) is 0 Å². The summed E-state index contributed by atoms with van der Waals surface area (Å²) >= 11 is 6.22. The van der Waals surface area contributed by atoms with Crippen LogP contribution in [0.15, 0.2) is 83.5 Å². The predicted molar refractivity (Wildman–Crippen MR) is 139 cm³/mol. The van der Waals surface area contributed by atoms with Crippen LogP contribution in [0.3, 0.4) is 0 Å². The van der Waals surface area contributed by atoms with Gasteiger partial charge in [0.15, 0.2) is 0 Å². The van der Waals surface area contributed by atoms with Crippen LogP contribution in [0, 0.1) is 0 Å². The zero-order valence-electron chi connectivity index (χ0n) is 20.1. The Morgan fingerprint density at radius 1 is 0.921 bits per heavy atom. The average molecular weight is 533 g/mol. The van der Waals surface area contributed by atoms with Crippen LogP contribution in [-0.4, -0.2) is 36.6 Å². The SMILES string of the molecule is CCCOC(=O)c1ccccc1N1C(=O)C(Cl)=C(Nc2ccc(C(=O)Oc3ccc(C=O)cc3)cc2)C1=O. The van der Waals surface area contributed by atoms with Crippen molar-refractivity contribution in [2.75, 3.05) is 16.8 Å². The van der Waals surface area contributed by atoms with Gasteiger partial charge in [0.2, 0.25) is 0 Å². The first-order valence-electron chi connectivity index (χ1n) is 11.5. The van der Waals surface area contributed by atoms with E-state index in [1.165, 1.54) is 60.7 Å². The van der Waals surface area contributed by atoms with Crippen LogP contribution in [0.5, 0.6) is 5.75 Å². The molecule has 192 valence electrons. The van der Waals surface area contributed by atoms with E-state index in [0.717, 1.165) is 4.90 Å². The Labute approximate surface area is 222 Å². The number of imide groups is 1. The largest absolute Gasteiger partial charge is 0.462 e. The summed E-state index contributed by atoms with van der Waals surface area (Å²) in [4.78, 5) is 62.6. The maximum absolute atomic E-state index is 13.2. The van der Waals surface area contributed by atoms with Gasteiger partial charge < -0.3 is 14.8 Å². The summed E-state index contributed by atoms with van der Waals surface area (Å²) in [6.45, 7) is 2.04. The Balaban J connectivity index is 1.49. The molecular formula is C28H21ClN2O7. The highest BCUT2D eigenvalue weighted by Crippen LogP contribution is 2.32. The number of benzene rings is 3. The smallest absolute Gasteiger partial charge is 0.343 e. The van der Waals surface area contributed by atoms with E-state index in [0.29, 0.717) is 24.0 Å². The van der Waals surface area contributed by atoms with Crippen molar-refractivity contribution in [1.29, 1.82) is 0 Å². The summed E-state index contributed by atoms with van der Waals surface area (Å²) in [7, 11) is 0. The zero-order valence-corrected chi connectivity index (χ0v) is 20.9. The molecule has 0 atom stereocenters. The van der Waals surface area contributed by atoms with Gasteiger partial charge in [-0.1, -0.05) is 30.7 Å². The molecule has 9 nitrogen and oxygen atoms in total. The number of ether oxygens (including phenoxy) is 2. The van der Waals surface area contributed by atoms with E-state index in [4.69, 9.17) is 21.1 Å². The Morgan fingerprint density at radius 3 is 2.26 bits per heavy atom. The number of carbonyl (C=O) groups is 5. The minimum absolute atomic E-state index is 0.0528. The first-order chi connectivity index (χ1) is 18.3. The number of anilines is 2. The molecule has 38 heavy (non-hydrogen) atoms. The fraction of sp³-hybridized carbons (Fsp3) is 0.107. The van der Waals surface area contributed by atoms with Crippen LogP contribution in [0.25, 0.3) is 0 Å². The number of nitrogens with zero attached hydrogens (tertiary/aromatic N) is 1. The lowest BCUT2D eigenvalue weighted by molar-refractivity contribution is -0.120. The van der Waals surface area contributed by atoms with Crippen LogP contribution in [0.2, 0.25) is 0 Å². The van der Waals surface area contributed by atoms with Gasteiger partial charge in [-0.3, -0.25) is 14.4 Å². The molecule has 1 heterocycles. The number of hydrogen-bond donors (Lipinski definition) is 1. The maximum atomic E-state index is 13.2. The molecule has 1 N–H and O–H groups in total. The maximum Gasteiger partial charge on any atom is 0.343 e. The Kier molecular flexibility index (Phi) is 7.98. The molecule has 0 aromatic heterocycles. The lowest BCUT2D eigenvalue weighted by atomic mass is 10.1. The fourth-order valence-corrected chi connectivity index (χ4v) is 3.77. The molecule has 1 aliphatic heterocycles. The van der Waals surface area contributed by atoms with Crippen molar-refractivity contribution in [1.82, 2.24) is 0 Å². The lowest BCUT2D eigenvalue weighted by Gasteiger charge is -2.18. The number of nitrogens with one attached hydrogen (secondary N) is 1. The van der Waals surface area contributed by atoms with Gasteiger partial charge in [-0.25, -0.2) is 14.5 Å². The summed E-state index contributed by atoms with van der Waals surface area (Å²) in [6.07, 6.45) is 1.29. The zero-order chi connectivity index (χ0) is 27.2. The molecule has 0 saturated heterocycles. The topological polar surface area (TPSA) is 119 Å². The molecule has 0 spiro atoms. The fourth-order valence-electron chi connectivity index (χ4n) is 3.56. The summed E-state index contributed by atoms with van der Waals surface area (Å²) in [5.74, 6) is -2.57. The molecule has 0 fully saturated rings. The average Bonchev–Trinajstić information content (AvgIpc) is 3.15. The number of aldehydes is 1. The van der Waals surface area contributed by atoms with E-state index in [2.05, 4.69) is 5.32 Å². The minimum atomic E-state index is -0.796. The molecule has 0 saturated carbocycles. The molecule has 3 aromatic carbocycles. The standard InChI is InChI=1S/C28H21ClN2O7/c1-2-15-37-28(36)21-5-3-4-6-22(21)31-25(33)23(29)24(26(31)34)30-19-11-9-18(10-12-19)27(35)38-20-13-7-17(16-32)8-14-20/h3-14,16,30H,2,15H2,1H3. The molecule has 1 aliphatic rings. The molecule has 0 unspecified atom stereocenters. The van der Waals surface area contributed by atoms with Crippen LogP contribution in [-0.2, 0) is 14.3 Å². The highest BCUT2D eigenvalue weighted by Gasteiger charge is 2.40. The highest BCUT2D eigenvalue weighted by molar-refractivity contribution is 6.53. The van der Waals surface area contributed by atoms with E-state index in [1.807, 2.05) is 6.92 Å². The van der Waals surface area contributed by atoms with Gasteiger partial charge in [0.1, 0.15) is 22.8 Å². The van der Waals surface area contributed by atoms with Crippen molar-refractivity contribution in [2.24, 2.45) is 0 Å². The third-order valence-corrected chi connectivity index (χ3v) is 5.80. The first kappa shape index (κ1) is 26.3. The Hall–Kier alpha value is -4.76. The molecule has 10 heteroatoms. The summed E-state index contributed by atoms with van der Waals surface area (Å²) in [6, 6.07) is 18.1. The number of carbonyl (C=O) groups excluding carboxylic acids is 5. The third-order valence-electron chi connectivity index (χ3n) is 5.45. The number of halogens is 1. The van der Waals surface area contributed by atoms with Gasteiger partial charge in [-0.15, -0.1) is 0 Å². The molecular weight excluding hydrogens is 512 g/mol. The number of amides is 2. The van der Waals surface area contributed by atoms with E-state index in [-0.39, 0.29) is 39.9 Å². The van der Waals surface area contributed by atoms with Gasteiger partial charge in [0, 0.05) is 11.3 Å². The first-order valence-corrected chi connectivity index (χ1v) is 11.9. The minimum Gasteiger partial charge on any atom is -0.462 e. The van der Waals surface area contributed by atoms with Gasteiger partial charge in [-0.05, 0) is 67.1 Å². The van der Waals surface area contributed by atoms with E-state index < -0.39 is 23.8 Å². The number of esters is 2. The summed E-state index contributed by atoms with van der Waals surface area (Å²) in [5.41, 5.74) is 0.981. The van der Waals surface area contributed by atoms with Crippen LogP contribution < -0.4 is 15.0 Å². The van der Waals surface area contributed by atoms with Gasteiger partial charge in [0.25, 0.3) is 11.8 Å². The van der Waals surface area contributed by atoms with Crippen molar-refractivity contribution >= 4 is 53.0 Å². The Bertz CT molecular complexity index is 1450. The molecule has 0 aliphatic carbocycles. The second-order valence-electron chi connectivity index (χ2n) is 8.07. The quantitative estimate of drug-likeness (QED) is 0.182. The number of hydrogen-bond acceptors (Lipinski definition) is 8. The number of rotatable bonds is 9. The van der Waals surface area contributed by atoms with Crippen LogP contribution >= 0.6 is 11.6 Å². The summed E-state index contributed by atoms with van der Waals surface area (Å²) < 4.78 is 10.5. The molecule has 3 aromatic rings. The van der Waals surface area contributed by atoms with E-state index >= 15 is 0 Å².